The number of nitrogens with two attached hydrogens (primary N) is 2. The normalized spacial score (nSPS) is 20.2. The van der Waals surface area contributed by atoms with Crippen LogP contribution in [0.2, 0.25) is 0 Å². The Morgan fingerprint density at radius 3 is 2.84 bits per heavy atom. The number of rotatable bonds is 4. The lowest BCUT2D eigenvalue weighted by Crippen LogP contribution is -2.24. The largest absolute Gasteiger partial charge is 0.397 e. The highest BCUT2D eigenvalue weighted by atomic mass is 32.2. The van der Waals surface area contributed by atoms with E-state index in [1.807, 2.05) is 0 Å². The van der Waals surface area contributed by atoms with Crippen LogP contribution in [0.4, 0.5) is 11.4 Å². The minimum Gasteiger partial charge on any atom is -0.397 e. The monoisotopic (exact) mass is 285 g/mol. The SMILES string of the molecule is Nc1ccc(S(N)(=O)=O)cc1NCC1CCCOC1. The average molecular weight is 285 g/mol. The second-order valence-corrected chi connectivity index (χ2v) is 6.32. The molecule has 2 rings (SSSR count). The van der Waals surface area contributed by atoms with Gasteiger partial charge in [0, 0.05) is 13.2 Å². The number of anilines is 2. The van der Waals surface area contributed by atoms with Crippen molar-refractivity contribution >= 4 is 21.4 Å². The van der Waals surface area contributed by atoms with Crippen molar-refractivity contribution < 1.29 is 13.2 Å². The highest BCUT2D eigenvalue weighted by molar-refractivity contribution is 7.89. The Morgan fingerprint density at radius 2 is 2.21 bits per heavy atom. The molecule has 6 nitrogen and oxygen atoms in total. The minimum atomic E-state index is -3.71. The van der Waals surface area contributed by atoms with Crippen molar-refractivity contribution in [3.63, 3.8) is 0 Å². The Balaban J connectivity index is 2.06. The van der Waals surface area contributed by atoms with Gasteiger partial charge in [0.2, 0.25) is 10.0 Å². The van der Waals surface area contributed by atoms with E-state index in [0.29, 0.717) is 23.8 Å². The van der Waals surface area contributed by atoms with Crippen molar-refractivity contribution in [1.82, 2.24) is 0 Å². The first-order valence-electron chi connectivity index (χ1n) is 6.21. The number of nitrogen functional groups attached to an aromatic ring is 1. The number of benzene rings is 1. The van der Waals surface area contributed by atoms with Crippen LogP contribution in [0, 0.1) is 5.92 Å². The molecule has 0 radical (unpaired) electrons. The van der Waals surface area contributed by atoms with E-state index in [1.54, 1.807) is 6.07 Å². The van der Waals surface area contributed by atoms with Gasteiger partial charge in [-0.2, -0.15) is 0 Å². The summed E-state index contributed by atoms with van der Waals surface area (Å²) in [5.74, 6) is 0.422. The van der Waals surface area contributed by atoms with Gasteiger partial charge in [0.1, 0.15) is 0 Å². The Hall–Kier alpha value is -1.31. The summed E-state index contributed by atoms with van der Waals surface area (Å²) in [5.41, 5.74) is 6.92. The molecular weight excluding hydrogens is 266 g/mol. The fraction of sp³-hybridized carbons (Fsp3) is 0.500. The summed E-state index contributed by atoms with van der Waals surface area (Å²) in [6.07, 6.45) is 2.15. The predicted octanol–water partition coefficient (Wildman–Crippen LogP) is 0.755. The van der Waals surface area contributed by atoms with E-state index >= 15 is 0 Å². The van der Waals surface area contributed by atoms with Gasteiger partial charge in [-0.05, 0) is 37.0 Å². The van der Waals surface area contributed by atoms with Crippen LogP contribution in [0.1, 0.15) is 12.8 Å². The molecule has 0 spiro atoms. The summed E-state index contributed by atoms with van der Waals surface area (Å²) in [6.45, 7) is 2.25. The smallest absolute Gasteiger partial charge is 0.238 e. The summed E-state index contributed by atoms with van der Waals surface area (Å²) in [4.78, 5) is 0.0593. The van der Waals surface area contributed by atoms with Crippen molar-refractivity contribution in [2.75, 3.05) is 30.8 Å². The van der Waals surface area contributed by atoms with E-state index < -0.39 is 10.0 Å². The highest BCUT2D eigenvalue weighted by Crippen LogP contribution is 2.23. The van der Waals surface area contributed by atoms with Crippen molar-refractivity contribution in [2.45, 2.75) is 17.7 Å². The first-order chi connectivity index (χ1) is 8.97. The van der Waals surface area contributed by atoms with E-state index in [9.17, 15) is 8.42 Å². The number of hydrogen-bond acceptors (Lipinski definition) is 5. The van der Waals surface area contributed by atoms with Gasteiger partial charge in [-0.15, -0.1) is 0 Å². The van der Waals surface area contributed by atoms with Gasteiger partial charge < -0.3 is 15.8 Å². The van der Waals surface area contributed by atoms with Crippen LogP contribution in [-0.4, -0.2) is 28.2 Å². The molecule has 0 aromatic heterocycles. The van der Waals surface area contributed by atoms with Crippen LogP contribution < -0.4 is 16.2 Å². The quantitative estimate of drug-likeness (QED) is 0.708. The first-order valence-corrected chi connectivity index (χ1v) is 7.75. The third kappa shape index (κ3) is 3.82. The van der Waals surface area contributed by atoms with Gasteiger partial charge in [0.25, 0.3) is 0 Å². The molecule has 1 unspecified atom stereocenters. The Morgan fingerprint density at radius 1 is 1.42 bits per heavy atom. The van der Waals surface area contributed by atoms with Crippen LogP contribution in [0.25, 0.3) is 0 Å². The molecule has 1 aromatic rings. The molecule has 1 fully saturated rings. The standard InChI is InChI=1S/C12H19N3O3S/c13-11-4-3-10(19(14,16)17)6-12(11)15-7-9-2-1-5-18-8-9/h3-4,6,9,15H,1-2,5,7-8,13H2,(H2,14,16,17). The predicted molar refractivity (Wildman–Crippen MR) is 74.3 cm³/mol. The van der Waals surface area contributed by atoms with Crippen molar-refractivity contribution in [1.29, 1.82) is 0 Å². The second kappa shape index (κ2) is 5.77. The van der Waals surface area contributed by atoms with Crippen LogP contribution in [-0.2, 0) is 14.8 Å². The van der Waals surface area contributed by atoms with E-state index in [1.165, 1.54) is 12.1 Å². The number of primary sulfonamides is 1. The molecule has 0 aliphatic carbocycles. The average Bonchev–Trinajstić information content (AvgIpc) is 2.37. The minimum absolute atomic E-state index is 0.0593. The van der Waals surface area contributed by atoms with Crippen LogP contribution in [0.5, 0.6) is 0 Å². The molecule has 5 N–H and O–H groups in total. The van der Waals surface area contributed by atoms with Crippen molar-refractivity contribution in [3.8, 4) is 0 Å². The maximum Gasteiger partial charge on any atom is 0.238 e. The molecule has 1 heterocycles. The van der Waals surface area contributed by atoms with Gasteiger partial charge in [-0.3, -0.25) is 0 Å². The third-order valence-electron chi connectivity index (χ3n) is 3.19. The number of ether oxygens (including phenoxy) is 1. The van der Waals surface area contributed by atoms with Gasteiger partial charge in [0.15, 0.2) is 0 Å². The van der Waals surface area contributed by atoms with Gasteiger partial charge in [-0.1, -0.05) is 0 Å². The van der Waals surface area contributed by atoms with Crippen LogP contribution in [0.15, 0.2) is 23.1 Å². The fourth-order valence-corrected chi connectivity index (χ4v) is 2.63. The van der Waals surface area contributed by atoms with Crippen LogP contribution in [0.3, 0.4) is 0 Å². The van der Waals surface area contributed by atoms with Gasteiger partial charge in [0.05, 0.1) is 22.9 Å². The molecule has 1 atom stereocenters. The zero-order chi connectivity index (χ0) is 13.9. The summed E-state index contributed by atoms with van der Waals surface area (Å²) in [7, 11) is -3.71. The van der Waals surface area contributed by atoms with E-state index in [4.69, 9.17) is 15.6 Å². The number of sulfonamides is 1. The molecule has 0 amide bonds. The van der Waals surface area contributed by atoms with Crippen molar-refractivity contribution in [2.24, 2.45) is 11.1 Å². The molecule has 106 valence electrons. The third-order valence-corrected chi connectivity index (χ3v) is 4.10. The lowest BCUT2D eigenvalue weighted by Gasteiger charge is -2.23. The first kappa shape index (κ1) is 14.1. The van der Waals surface area contributed by atoms with E-state index in [-0.39, 0.29) is 4.90 Å². The number of hydrogen-bond donors (Lipinski definition) is 3. The van der Waals surface area contributed by atoms with E-state index in [2.05, 4.69) is 5.32 Å². The molecule has 1 saturated heterocycles. The van der Waals surface area contributed by atoms with Gasteiger partial charge in [-0.25, -0.2) is 13.6 Å². The lowest BCUT2D eigenvalue weighted by molar-refractivity contribution is 0.0595. The van der Waals surface area contributed by atoms with Crippen molar-refractivity contribution in [3.05, 3.63) is 18.2 Å². The molecule has 1 aromatic carbocycles. The molecular formula is C12H19N3O3S. The molecule has 0 bridgehead atoms. The second-order valence-electron chi connectivity index (χ2n) is 4.76. The number of nitrogens with one attached hydrogen (secondary N) is 1. The molecule has 7 heteroatoms. The topological polar surface area (TPSA) is 107 Å². The molecule has 1 aliphatic rings. The molecule has 19 heavy (non-hydrogen) atoms. The van der Waals surface area contributed by atoms with Gasteiger partial charge >= 0.3 is 0 Å². The zero-order valence-electron chi connectivity index (χ0n) is 10.6. The summed E-state index contributed by atoms with van der Waals surface area (Å²) >= 11 is 0. The lowest BCUT2D eigenvalue weighted by atomic mass is 10.0. The molecule has 1 aliphatic heterocycles. The van der Waals surface area contributed by atoms with E-state index in [0.717, 1.165) is 26.1 Å². The Bertz CT molecular complexity index is 539. The Labute approximate surface area is 113 Å². The maximum atomic E-state index is 11.3. The Kier molecular flexibility index (Phi) is 4.28. The fourth-order valence-electron chi connectivity index (χ4n) is 2.09. The summed E-state index contributed by atoms with van der Waals surface area (Å²) in [6, 6.07) is 4.41. The summed E-state index contributed by atoms with van der Waals surface area (Å²) < 4.78 is 28.0. The molecule has 0 saturated carbocycles. The zero-order valence-corrected chi connectivity index (χ0v) is 11.4. The maximum absolute atomic E-state index is 11.3. The van der Waals surface area contributed by atoms with Crippen LogP contribution >= 0.6 is 0 Å². The summed E-state index contributed by atoms with van der Waals surface area (Å²) in [5, 5.41) is 8.27. The highest BCUT2D eigenvalue weighted by Gasteiger charge is 2.15.